The highest BCUT2D eigenvalue weighted by atomic mass is 79.9. The first-order valence-corrected chi connectivity index (χ1v) is 10.1. The third-order valence-corrected chi connectivity index (χ3v) is 7.45. The Bertz CT molecular complexity index is 1050. The summed E-state index contributed by atoms with van der Waals surface area (Å²) in [5, 5.41) is 32.5. The van der Waals surface area contributed by atoms with Crippen molar-refractivity contribution in [1.29, 1.82) is 0 Å². The Hall–Kier alpha value is -2.43. The minimum absolute atomic E-state index is 0.133. The van der Waals surface area contributed by atoms with Gasteiger partial charge in [0.25, 0.3) is 0 Å². The van der Waals surface area contributed by atoms with Crippen LogP contribution in [0.1, 0.15) is 35.2 Å². The molecule has 0 spiro atoms. The monoisotopic (exact) mass is 479 g/mol. The first-order valence-electron chi connectivity index (χ1n) is 9.31. The first-order chi connectivity index (χ1) is 13.9. The van der Waals surface area contributed by atoms with Crippen LogP contribution in [0.15, 0.2) is 16.6 Å². The van der Waals surface area contributed by atoms with Crippen LogP contribution in [0.25, 0.3) is 0 Å². The molecule has 0 saturated heterocycles. The number of aliphatic hydroxyl groups is 2. The number of amides is 1. The van der Waals surface area contributed by atoms with Gasteiger partial charge in [-0.15, -0.1) is 0 Å². The molecule has 30 heavy (non-hydrogen) atoms. The molecule has 0 aromatic heterocycles. The van der Waals surface area contributed by atoms with E-state index in [0.717, 1.165) is 0 Å². The van der Waals surface area contributed by atoms with Crippen LogP contribution >= 0.6 is 15.9 Å². The molecule has 2 fully saturated rings. The van der Waals surface area contributed by atoms with E-state index in [9.17, 15) is 39.3 Å². The van der Waals surface area contributed by atoms with Crippen LogP contribution in [0.2, 0.25) is 0 Å². The van der Waals surface area contributed by atoms with Gasteiger partial charge in [0.05, 0.1) is 22.1 Å². The van der Waals surface area contributed by atoms with E-state index in [0.29, 0.717) is 5.56 Å². The van der Waals surface area contributed by atoms with Gasteiger partial charge in [0, 0.05) is 18.3 Å². The van der Waals surface area contributed by atoms with Gasteiger partial charge in [-0.1, -0.05) is 13.0 Å². The lowest BCUT2D eigenvalue weighted by Crippen LogP contribution is -2.72. The third-order valence-electron chi connectivity index (χ3n) is 6.81. The number of primary amides is 1. The quantitative estimate of drug-likeness (QED) is 0.394. The second-order valence-corrected chi connectivity index (χ2v) is 9.02. The first kappa shape index (κ1) is 20.8. The SMILES string of the molecule is C[C@H]1c2ccc(Br)c(O)c2C(=O)C2C(=O)[C@]3(O)C(=O)C(C(N)=O)C(=O)C[C@@H]3[C@@H](O)[C@@H]21. The number of hydrogen-bond donors (Lipinski definition) is 4. The summed E-state index contributed by atoms with van der Waals surface area (Å²) in [4.78, 5) is 63.4. The molecule has 5 N–H and O–H groups in total. The summed E-state index contributed by atoms with van der Waals surface area (Å²) in [5.74, 6) is -12.8. The van der Waals surface area contributed by atoms with Crippen molar-refractivity contribution in [1.82, 2.24) is 0 Å². The van der Waals surface area contributed by atoms with Crippen molar-refractivity contribution in [2.45, 2.75) is 31.0 Å². The second-order valence-electron chi connectivity index (χ2n) is 8.17. The number of carbonyl (C=O) groups is 5. The zero-order chi connectivity index (χ0) is 22.3. The molecule has 3 aliphatic rings. The highest BCUT2D eigenvalue weighted by Crippen LogP contribution is 2.54. The van der Waals surface area contributed by atoms with E-state index in [1.54, 1.807) is 13.0 Å². The number of rotatable bonds is 1. The van der Waals surface area contributed by atoms with Gasteiger partial charge in [-0.3, -0.25) is 24.0 Å². The molecule has 4 rings (SSSR count). The van der Waals surface area contributed by atoms with Gasteiger partial charge >= 0.3 is 0 Å². The van der Waals surface area contributed by atoms with Crippen molar-refractivity contribution in [2.75, 3.05) is 0 Å². The summed E-state index contributed by atoms with van der Waals surface area (Å²) in [7, 11) is 0. The number of fused-ring (bicyclic) bond motifs is 3. The summed E-state index contributed by atoms with van der Waals surface area (Å²) in [6, 6.07) is 3.10. The average molecular weight is 480 g/mol. The number of aliphatic hydroxyl groups excluding tert-OH is 1. The molecule has 9 nitrogen and oxygen atoms in total. The number of Topliss-reactive ketones (excluding diaryl/α,β-unsaturated/α-hetero) is 4. The van der Waals surface area contributed by atoms with Crippen LogP contribution < -0.4 is 5.73 Å². The van der Waals surface area contributed by atoms with Crippen molar-refractivity contribution in [3.05, 3.63) is 27.7 Å². The molecule has 2 unspecified atom stereocenters. The minimum Gasteiger partial charge on any atom is -0.506 e. The summed E-state index contributed by atoms with van der Waals surface area (Å²) in [5.41, 5.74) is 2.49. The molecule has 0 heterocycles. The zero-order valence-corrected chi connectivity index (χ0v) is 17.3. The van der Waals surface area contributed by atoms with E-state index in [2.05, 4.69) is 15.9 Å². The van der Waals surface area contributed by atoms with Crippen LogP contribution in [0.5, 0.6) is 5.75 Å². The van der Waals surface area contributed by atoms with E-state index >= 15 is 0 Å². The van der Waals surface area contributed by atoms with Crippen molar-refractivity contribution in [3.63, 3.8) is 0 Å². The molecular weight excluding hydrogens is 462 g/mol. The van der Waals surface area contributed by atoms with Gasteiger partial charge in [-0.2, -0.15) is 0 Å². The van der Waals surface area contributed by atoms with Gasteiger partial charge < -0.3 is 21.1 Å². The Kier molecular flexibility index (Phi) is 4.53. The molecule has 10 heteroatoms. The maximum atomic E-state index is 13.3. The number of phenolic OH excluding ortho intramolecular Hbond substituents is 1. The third kappa shape index (κ3) is 2.38. The largest absolute Gasteiger partial charge is 0.506 e. The van der Waals surface area contributed by atoms with Crippen LogP contribution in [0, 0.1) is 23.7 Å². The number of benzene rings is 1. The van der Waals surface area contributed by atoms with Crippen LogP contribution in [-0.2, 0) is 19.2 Å². The smallest absolute Gasteiger partial charge is 0.235 e. The van der Waals surface area contributed by atoms with Crippen molar-refractivity contribution < 1.29 is 39.3 Å². The van der Waals surface area contributed by atoms with E-state index < -0.39 is 76.8 Å². The standard InChI is InChI=1S/C20H18BrNO8/c1-5-6-2-3-8(21)15(25)11(6)16(26)13-10(5)14(24)7-4-9(23)12(19(22)29)17(27)20(7,30)18(13)28/h2-3,5,7,10,12-14,24-25,30H,4H2,1H3,(H2,22,29)/t5-,7+,10+,12?,13?,14+,20+/m0/s1. The molecule has 1 amide bonds. The number of phenols is 1. The lowest BCUT2D eigenvalue weighted by Gasteiger charge is -2.52. The highest BCUT2D eigenvalue weighted by Gasteiger charge is 2.69. The number of nitrogens with two attached hydrogens (primary N) is 1. The van der Waals surface area contributed by atoms with Crippen molar-refractivity contribution in [2.24, 2.45) is 29.4 Å². The Balaban J connectivity index is 1.91. The van der Waals surface area contributed by atoms with Gasteiger partial charge in [0.1, 0.15) is 5.75 Å². The van der Waals surface area contributed by atoms with Gasteiger partial charge in [0.2, 0.25) is 5.91 Å². The number of hydrogen-bond acceptors (Lipinski definition) is 8. The molecule has 1 aromatic rings. The van der Waals surface area contributed by atoms with E-state index in [1.807, 2.05) is 0 Å². The van der Waals surface area contributed by atoms with Crippen LogP contribution in [-0.4, -0.2) is 56.1 Å². The number of aromatic hydroxyl groups is 1. The summed E-state index contributed by atoms with van der Waals surface area (Å²) in [6.45, 7) is 1.65. The second kappa shape index (κ2) is 6.53. The fourth-order valence-electron chi connectivity index (χ4n) is 5.33. The van der Waals surface area contributed by atoms with Crippen molar-refractivity contribution in [3.8, 4) is 5.75 Å². The maximum Gasteiger partial charge on any atom is 0.235 e. The molecule has 1 aromatic carbocycles. The fraction of sp³-hybridized carbons (Fsp3) is 0.450. The molecule has 3 aliphatic carbocycles. The van der Waals surface area contributed by atoms with Crippen LogP contribution in [0.4, 0.5) is 0 Å². The average Bonchev–Trinajstić information content (AvgIpc) is 2.67. The molecule has 158 valence electrons. The topological polar surface area (TPSA) is 172 Å². The molecule has 7 atom stereocenters. The van der Waals surface area contributed by atoms with Gasteiger partial charge in [-0.25, -0.2) is 0 Å². The zero-order valence-electron chi connectivity index (χ0n) is 15.7. The van der Waals surface area contributed by atoms with E-state index in [4.69, 9.17) is 5.73 Å². The summed E-state index contributed by atoms with van der Waals surface area (Å²) < 4.78 is 0.216. The predicted molar refractivity (Wildman–Crippen MR) is 102 cm³/mol. The lowest BCUT2D eigenvalue weighted by atomic mass is 9.50. The Morgan fingerprint density at radius 3 is 2.43 bits per heavy atom. The van der Waals surface area contributed by atoms with Crippen molar-refractivity contribution >= 4 is 45.0 Å². The Morgan fingerprint density at radius 2 is 1.83 bits per heavy atom. The molecule has 0 bridgehead atoms. The molecule has 0 radical (unpaired) electrons. The fourth-order valence-corrected chi connectivity index (χ4v) is 5.66. The number of halogens is 1. The minimum atomic E-state index is -2.90. The maximum absolute atomic E-state index is 13.3. The van der Waals surface area contributed by atoms with Gasteiger partial charge in [-0.05, 0) is 33.5 Å². The predicted octanol–water partition coefficient (Wildman–Crippen LogP) is -0.379. The van der Waals surface area contributed by atoms with E-state index in [1.165, 1.54) is 6.07 Å². The lowest BCUT2D eigenvalue weighted by molar-refractivity contribution is -0.189. The van der Waals surface area contributed by atoms with Gasteiger partial charge in [0.15, 0.2) is 34.7 Å². The Labute approximate surface area is 178 Å². The number of carbonyl (C=O) groups excluding carboxylic acids is 5. The van der Waals surface area contributed by atoms with Crippen LogP contribution in [0.3, 0.4) is 0 Å². The highest BCUT2D eigenvalue weighted by molar-refractivity contribution is 9.10. The summed E-state index contributed by atoms with van der Waals surface area (Å²) >= 11 is 3.11. The van der Waals surface area contributed by atoms with E-state index in [-0.39, 0.29) is 15.8 Å². The summed E-state index contributed by atoms with van der Waals surface area (Å²) in [6.07, 6.45) is -2.16. The molecular formula is C20H18BrNO8. The molecule has 0 aliphatic heterocycles. The normalized spacial score (nSPS) is 38.0. The number of ketones is 4. The Morgan fingerprint density at radius 1 is 1.20 bits per heavy atom. The molecule has 2 saturated carbocycles.